The van der Waals surface area contributed by atoms with Crippen LogP contribution in [0, 0.1) is 5.41 Å². The lowest BCUT2D eigenvalue weighted by Gasteiger charge is -2.21. The second-order valence-electron chi connectivity index (χ2n) is 8.68. The fraction of sp³-hybridized carbons (Fsp3) is 0.435. The molecule has 0 spiro atoms. The molecule has 0 saturated heterocycles. The van der Waals surface area contributed by atoms with Gasteiger partial charge in [-0.15, -0.1) is 0 Å². The number of para-hydroxylation sites is 2. The molecular weight excluding hydrogens is 370 g/mol. The van der Waals surface area contributed by atoms with Crippen LogP contribution in [0.25, 0.3) is 0 Å². The minimum atomic E-state index is -0.451. The summed E-state index contributed by atoms with van der Waals surface area (Å²) in [4.78, 5) is 12.4. The predicted octanol–water partition coefficient (Wildman–Crippen LogP) is 6.50. The highest BCUT2D eigenvalue weighted by atomic mass is 32.2. The predicted molar refractivity (Wildman–Crippen MR) is 119 cm³/mol. The molecule has 0 fully saturated rings. The third kappa shape index (κ3) is 6.48. The molecule has 0 saturated carbocycles. The normalized spacial score (nSPS) is 11.8. The third-order valence-corrected chi connectivity index (χ3v) is 5.27. The van der Waals surface area contributed by atoms with Crippen LogP contribution >= 0.6 is 11.8 Å². The van der Waals surface area contributed by atoms with Gasteiger partial charge in [0.15, 0.2) is 11.5 Å². The lowest BCUT2D eigenvalue weighted by atomic mass is 9.95. The molecule has 152 valence electrons. The fourth-order valence-corrected chi connectivity index (χ4v) is 3.12. The van der Waals surface area contributed by atoms with E-state index in [1.165, 1.54) is 0 Å². The van der Waals surface area contributed by atoms with E-state index in [0.29, 0.717) is 11.5 Å². The van der Waals surface area contributed by atoms with Crippen molar-refractivity contribution in [1.82, 2.24) is 0 Å². The van der Waals surface area contributed by atoms with Crippen LogP contribution in [0.5, 0.6) is 17.2 Å². The van der Waals surface area contributed by atoms with Crippen LogP contribution in [-0.2, 0) is 10.5 Å². The first-order valence-electron chi connectivity index (χ1n) is 9.39. The molecule has 1 N–H and O–H groups in total. The van der Waals surface area contributed by atoms with Gasteiger partial charge in [-0.2, -0.15) is 11.8 Å². The molecule has 0 radical (unpaired) electrons. The first-order valence-corrected chi connectivity index (χ1v) is 10.4. The van der Waals surface area contributed by atoms with E-state index in [2.05, 4.69) is 26.1 Å². The molecule has 5 heteroatoms. The number of anilines is 1. The Bertz CT molecular complexity index is 819. The van der Waals surface area contributed by atoms with Gasteiger partial charge in [-0.25, -0.2) is 0 Å². The van der Waals surface area contributed by atoms with Crippen LogP contribution in [0.2, 0.25) is 0 Å². The molecule has 0 aromatic heterocycles. The first-order chi connectivity index (χ1) is 13.0. The summed E-state index contributed by atoms with van der Waals surface area (Å²) in [5, 5.41) is 3.00. The van der Waals surface area contributed by atoms with E-state index in [9.17, 15) is 4.79 Å². The van der Waals surface area contributed by atoms with Crippen molar-refractivity contribution in [3.8, 4) is 17.2 Å². The lowest BCUT2D eigenvalue weighted by molar-refractivity contribution is -0.123. The summed E-state index contributed by atoms with van der Waals surface area (Å²) in [5.74, 6) is 2.86. The van der Waals surface area contributed by atoms with Gasteiger partial charge >= 0.3 is 0 Å². The maximum absolute atomic E-state index is 12.4. The van der Waals surface area contributed by atoms with Gasteiger partial charge < -0.3 is 14.8 Å². The molecule has 0 atom stereocenters. The van der Waals surface area contributed by atoms with Gasteiger partial charge in [-0.1, -0.05) is 53.7 Å². The second-order valence-corrected chi connectivity index (χ2v) is 10.5. The number of benzene rings is 2. The number of hydrogen-bond acceptors (Lipinski definition) is 4. The Balaban J connectivity index is 2.33. The molecule has 0 aliphatic heterocycles. The van der Waals surface area contributed by atoms with E-state index >= 15 is 0 Å². The highest BCUT2D eigenvalue weighted by molar-refractivity contribution is 7.99. The summed E-state index contributed by atoms with van der Waals surface area (Å²) in [6.45, 7) is 12.3. The summed E-state index contributed by atoms with van der Waals surface area (Å²) < 4.78 is 11.7. The zero-order valence-electron chi connectivity index (χ0n) is 17.9. The van der Waals surface area contributed by atoms with Gasteiger partial charge in [0.25, 0.3) is 0 Å². The molecule has 0 unspecified atom stereocenters. The molecular formula is C23H31NO3S. The number of methoxy groups -OCH3 is 1. The van der Waals surface area contributed by atoms with Gasteiger partial charge in [0.05, 0.1) is 7.11 Å². The molecule has 0 heterocycles. The van der Waals surface area contributed by atoms with Crippen molar-refractivity contribution in [2.75, 3.05) is 12.4 Å². The second kappa shape index (κ2) is 8.91. The average molecular weight is 402 g/mol. The minimum Gasteiger partial charge on any atom is -0.493 e. The van der Waals surface area contributed by atoms with Crippen molar-refractivity contribution in [1.29, 1.82) is 0 Å². The smallest absolute Gasteiger partial charge is 0.229 e. The number of carbonyl (C=O) groups excluding carboxylic acids is 1. The largest absolute Gasteiger partial charge is 0.493 e. The molecule has 2 aromatic carbocycles. The summed E-state index contributed by atoms with van der Waals surface area (Å²) in [7, 11) is 1.63. The molecule has 2 aromatic rings. The van der Waals surface area contributed by atoms with E-state index in [1.807, 2.05) is 75.0 Å². The summed E-state index contributed by atoms with van der Waals surface area (Å²) in [6.07, 6.45) is 0. The van der Waals surface area contributed by atoms with E-state index in [1.54, 1.807) is 7.11 Å². The number of thioether (sulfide) groups is 1. The van der Waals surface area contributed by atoms with E-state index in [0.717, 1.165) is 22.8 Å². The minimum absolute atomic E-state index is 0.0136. The summed E-state index contributed by atoms with van der Waals surface area (Å²) >= 11 is 1.83. The van der Waals surface area contributed by atoms with Gasteiger partial charge in [0.1, 0.15) is 5.75 Å². The molecule has 0 bridgehead atoms. The maximum atomic E-state index is 12.4. The van der Waals surface area contributed by atoms with Crippen LogP contribution in [0.4, 0.5) is 5.69 Å². The number of amides is 1. The summed E-state index contributed by atoms with van der Waals surface area (Å²) in [6, 6.07) is 13.4. The Morgan fingerprint density at radius 3 is 2.18 bits per heavy atom. The van der Waals surface area contributed by atoms with Crippen LogP contribution in [0.15, 0.2) is 42.5 Å². The Morgan fingerprint density at radius 2 is 1.61 bits per heavy atom. The molecule has 4 nitrogen and oxygen atoms in total. The number of ether oxygens (including phenoxy) is 2. The van der Waals surface area contributed by atoms with Crippen molar-refractivity contribution in [3.05, 3.63) is 48.0 Å². The fourth-order valence-electron chi connectivity index (χ4n) is 2.30. The Labute approximate surface area is 173 Å². The van der Waals surface area contributed by atoms with Gasteiger partial charge in [-0.3, -0.25) is 4.79 Å². The molecule has 1 amide bonds. The monoisotopic (exact) mass is 401 g/mol. The quantitative estimate of drug-likeness (QED) is 0.600. The highest BCUT2D eigenvalue weighted by Crippen LogP contribution is 2.37. The summed E-state index contributed by atoms with van der Waals surface area (Å²) in [5.41, 5.74) is 1.35. The van der Waals surface area contributed by atoms with Crippen LogP contribution in [-0.4, -0.2) is 17.8 Å². The number of carbonyl (C=O) groups is 1. The van der Waals surface area contributed by atoms with Gasteiger partial charge in [-0.05, 0) is 30.3 Å². The third-order valence-electron chi connectivity index (χ3n) is 3.95. The van der Waals surface area contributed by atoms with Crippen molar-refractivity contribution in [2.45, 2.75) is 52.0 Å². The van der Waals surface area contributed by atoms with Gasteiger partial charge in [0, 0.05) is 27.2 Å². The molecule has 28 heavy (non-hydrogen) atoms. The van der Waals surface area contributed by atoms with Gasteiger partial charge in [0.2, 0.25) is 5.91 Å². The SMILES string of the molecule is COc1ccccc1Oc1ccc(NC(=O)C(C)(C)C)cc1CSC(C)(C)C. The van der Waals surface area contributed by atoms with Crippen molar-refractivity contribution in [2.24, 2.45) is 5.41 Å². The van der Waals surface area contributed by atoms with Crippen molar-refractivity contribution in [3.63, 3.8) is 0 Å². The zero-order chi connectivity index (χ0) is 20.9. The highest BCUT2D eigenvalue weighted by Gasteiger charge is 2.22. The topological polar surface area (TPSA) is 47.6 Å². The van der Waals surface area contributed by atoms with Crippen LogP contribution in [0.1, 0.15) is 47.1 Å². The zero-order valence-corrected chi connectivity index (χ0v) is 18.7. The maximum Gasteiger partial charge on any atom is 0.229 e. The Kier molecular flexibility index (Phi) is 7.05. The molecule has 0 aliphatic rings. The average Bonchev–Trinajstić information content (AvgIpc) is 2.60. The number of nitrogens with one attached hydrogen (secondary N) is 1. The van der Waals surface area contributed by atoms with Crippen molar-refractivity contribution < 1.29 is 14.3 Å². The number of rotatable bonds is 6. The van der Waals surface area contributed by atoms with Crippen LogP contribution in [0.3, 0.4) is 0 Å². The lowest BCUT2D eigenvalue weighted by Crippen LogP contribution is -2.27. The van der Waals surface area contributed by atoms with E-state index in [-0.39, 0.29) is 10.7 Å². The van der Waals surface area contributed by atoms with E-state index < -0.39 is 5.41 Å². The van der Waals surface area contributed by atoms with E-state index in [4.69, 9.17) is 9.47 Å². The first kappa shape index (κ1) is 22.2. The number of hydrogen-bond donors (Lipinski definition) is 1. The Morgan fingerprint density at radius 1 is 0.964 bits per heavy atom. The molecule has 0 aliphatic carbocycles. The Hall–Kier alpha value is -2.14. The van der Waals surface area contributed by atoms with Crippen LogP contribution < -0.4 is 14.8 Å². The van der Waals surface area contributed by atoms with Crippen molar-refractivity contribution >= 4 is 23.4 Å². The molecule has 2 rings (SSSR count). The standard InChI is InChI=1S/C23H31NO3S/c1-22(2,3)21(25)24-17-12-13-18(16(14-17)15-28-23(4,5)6)27-20-11-9-8-10-19(20)26-7/h8-14H,15H2,1-7H3,(H,24,25).